The number of nitrogens with one attached hydrogen (secondary N) is 1. The van der Waals surface area contributed by atoms with Crippen molar-refractivity contribution in [3.63, 3.8) is 0 Å². The molecule has 1 rings (SSSR count). The third kappa shape index (κ3) is 2.80. The van der Waals surface area contributed by atoms with Crippen molar-refractivity contribution in [3.8, 4) is 0 Å². The van der Waals surface area contributed by atoms with Crippen molar-refractivity contribution in [2.24, 2.45) is 0 Å². The zero-order chi connectivity index (χ0) is 11.3. The zero-order valence-corrected chi connectivity index (χ0v) is 9.41. The lowest BCUT2D eigenvalue weighted by molar-refractivity contribution is -0.147. The summed E-state index contributed by atoms with van der Waals surface area (Å²) in [5, 5.41) is 3.00. The summed E-state index contributed by atoms with van der Waals surface area (Å²) >= 11 is 0. The minimum absolute atomic E-state index is 0.242. The van der Waals surface area contributed by atoms with Crippen molar-refractivity contribution in [2.45, 2.75) is 18.9 Å². The van der Waals surface area contributed by atoms with Crippen LogP contribution in [0.1, 0.15) is 12.5 Å². The first-order chi connectivity index (χ1) is 7.12. The van der Waals surface area contributed by atoms with Gasteiger partial charge in [0.25, 0.3) is 0 Å². The van der Waals surface area contributed by atoms with Gasteiger partial charge in [0, 0.05) is 6.42 Å². The Morgan fingerprint density at radius 2 is 2.00 bits per heavy atom. The average Bonchev–Trinajstić information content (AvgIpc) is 2.29. The van der Waals surface area contributed by atoms with Crippen molar-refractivity contribution in [1.29, 1.82) is 0 Å². The first-order valence-corrected chi connectivity index (χ1v) is 4.93. The van der Waals surface area contributed by atoms with E-state index in [0.29, 0.717) is 6.42 Å². The third-order valence-corrected chi connectivity index (χ3v) is 2.59. The summed E-state index contributed by atoms with van der Waals surface area (Å²) < 4.78 is 4.78. The summed E-state index contributed by atoms with van der Waals surface area (Å²) in [6, 6.07) is 9.88. The SMILES string of the molecule is CNC(C)(Cc1ccccc1)C(=O)OC. The smallest absolute Gasteiger partial charge is 0.326 e. The Bertz CT molecular complexity index is 324. The van der Waals surface area contributed by atoms with Gasteiger partial charge in [-0.25, -0.2) is 0 Å². The van der Waals surface area contributed by atoms with Crippen molar-refractivity contribution < 1.29 is 9.53 Å². The number of carbonyl (C=O) groups excluding carboxylic acids is 1. The van der Waals surface area contributed by atoms with Crippen LogP contribution in [0.3, 0.4) is 0 Å². The van der Waals surface area contributed by atoms with Crippen LogP contribution in [0, 0.1) is 0 Å². The standard InChI is InChI=1S/C12H17NO2/c1-12(13-2,11(14)15-3)9-10-7-5-4-6-8-10/h4-8,13H,9H2,1-3H3. The molecule has 3 nitrogen and oxygen atoms in total. The molecule has 0 amide bonds. The number of rotatable bonds is 4. The molecule has 1 aromatic carbocycles. The highest BCUT2D eigenvalue weighted by atomic mass is 16.5. The van der Waals surface area contributed by atoms with Gasteiger partial charge in [-0.15, -0.1) is 0 Å². The van der Waals surface area contributed by atoms with Crippen LogP contribution in [0.4, 0.5) is 0 Å². The molecule has 3 heteroatoms. The average molecular weight is 207 g/mol. The predicted molar refractivity (Wildman–Crippen MR) is 59.6 cm³/mol. The van der Waals surface area contributed by atoms with Crippen LogP contribution < -0.4 is 5.32 Å². The van der Waals surface area contributed by atoms with Crippen LogP contribution in [-0.4, -0.2) is 25.7 Å². The Balaban J connectivity index is 2.81. The molecule has 0 saturated heterocycles. The fraction of sp³-hybridized carbons (Fsp3) is 0.417. The van der Waals surface area contributed by atoms with Gasteiger partial charge in [0.2, 0.25) is 0 Å². The molecule has 1 N–H and O–H groups in total. The molecular formula is C12H17NO2. The molecular weight excluding hydrogens is 190 g/mol. The number of likely N-dealkylation sites (N-methyl/N-ethyl adjacent to an activating group) is 1. The third-order valence-electron chi connectivity index (χ3n) is 2.59. The number of esters is 1. The Hall–Kier alpha value is -1.35. The van der Waals surface area contributed by atoms with E-state index >= 15 is 0 Å². The van der Waals surface area contributed by atoms with Crippen LogP contribution in [0.15, 0.2) is 30.3 Å². The summed E-state index contributed by atoms with van der Waals surface area (Å²) in [7, 11) is 3.17. The van der Waals surface area contributed by atoms with Gasteiger partial charge >= 0.3 is 5.97 Å². The molecule has 0 saturated carbocycles. The molecule has 1 atom stereocenters. The maximum Gasteiger partial charge on any atom is 0.326 e. The first-order valence-electron chi connectivity index (χ1n) is 4.93. The molecule has 0 fully saturated rings. The fourth-order valence-electron chi connectivity index (χ4n) is 1.49. The summed E-state index contributed by atoms with van der Waals surface area (Å²) in [6.45, 7) is 1.84. The van der Waals surface area contributed by atoms with Gasteiger partial charge in [0.1, 0.15) is 5.54 Å². The molecule has 0 heterocycles. The maximum absolute atomic E-state index is 11.6. The Kier molecular flexibility index (Phi) is 3.86. The Morgan fingerprint density at radius 3 is 2.47 bits per heavy atom. The van der Waals surface area contributed by atoms with E-state index in [9.17, 15) is 4.79 Å². The van der Waals surface area contributed by atoms with Crippen molar-refractivity contribution in [1.82, 2.24) is 5.32 Å². The highest BCUT2D eigenvalue weighted by molar-refractivity contribution is 5.80. The summed E-state index contributed by atoms with van der Waals surface area (Å²) in [4.78, 5) is 11.6. The fourth-order valence-corrected chi connectivity index (χ4v) is 1.49. The number of benzene rings is 1. The minimum atomic E-state index is -0.657. The molecule has 0 bridgehead atoms. The normalized spacial score (nSPS) is 14.3. The van der Waals surface area contributed by atoms with Gasteiger partial charge in [-0.05, 0) is 19.5 Å². The van der Waals surface area contributed by atoms with E-state index in [0.717, 1.165) is 5.56 Å². The quantitative estimate of drug-likeness (QED) is 0.758. The molecule has 0 aliphatic heterocycles. The summed E-state index contributed by atoms with van der Waals surface area (Å²) in [5.41, 5.74) is 0.454. The van der Waals surface area contributed by atoms with Crippen LogP contribution in [0.2, 0.25) is 0 Å². The van der Waals surface area contributed by atoms with Crippen molar-refractivity contribution in [2.75, 3.05) is 14.2 Å². The van der Waals surface area contributed by atoms with E-state index in [4.69, 9.17) is 4.74 Å². The van der Waals surface area contributed by atoms with Crippen LogP contribution in [-0.2, 0) is 16.0 Å². The minimum Gasteiger partial charge on any atom is -0.468 e. The number of hydrogen-bond donors (Lipinski definition) is 1. The molecule has 82 valence electrons. The predicted octanol–water partition coefficient (Wildman–Crippen LogP) is 1.38. The van der Waals surface area contributed by atoms with Gasteiger partial charge in [-0.3, -0.25) is 4.79 Å². The zero-order valence-electron chi connectivity index (χ0n) is 9.41. The van der Waals surface area contributed by atoms with Crippen LogP contribution in [0.25, 0.3) is 0 Å². The van der Waals surface area contributed by atoms with E-state index in [-0.39, 0.29) is 5.97 Å². The van der Waals surface area contributed by atoms with E-state index in [1.165, 1.54) is 7.11 Å². The van der Waals surface area contributed by atoms with Gasteiger partial charge in [-0.2, -0.15) is 0 Å². The largest absolute Gasteiger partial charge is 0.468 e. The van der Waals surface area contributed by atoms with Crippen molar-refractivity contribution in [3.05, 3.63) is 35.9 Å². The van der Waals surface area contributed by atoms with E-state index < -0.39 is 5.54 Å². The second kappa shape index (κ2) is 4.94. The van der Waals surface area contributed by atoms with Crippen molar-refractivity contribution >= 4 is 5.97 Å². The second-order valence-electron chi connectivity index (χ2n) is 3.74. The lowest BCUT2D eigenvalue weighted by atomic mass is 9.93. The summed E-state index contributed by atoms with van der Waals surface area (Å²) in [6.07, 6.45) is 0.622. The van der Waals surface area contributed by atoms with Crippen LogP contribution >= 0.6 is 0 Å². The Morgan fingerprint density at radius 1 is 1.40 bits per heavy atom. The van der Waals surface area contributed by atoms with Gasteiger partial charge in [-0.1, -0.05) is 30.3 Å². The van der Waals surface area contributed by atoms with E-state index in [1.807, 2.05) is 37.3 Å². The molecule has 0 aromatic heterocycles. The van der Waals surface area contributed by atoms with Crippen LogP contribution in [0.5, 0.6) is 0 Å². The molecule has 0 spiro atoms. The molecule has 15 heavy (non-hydrogen) atoms. The Labute approximate surface area is 90.4 Å². The number of carbonyl (C=O) groups is 1. The molecule has 0 radical (unpaired) electrons. The van der Waals surface area contributed by atoms with E-state index in [2.05, 4.69) is 5.32 Å². The molecule has 1 unspecified atom stereocenters. The van der Waals surface area contributed by atoms with Gasteiger partial charge < -0.3 is 10.1 Å². The van der Waals surface area contributed by atoms with E-state index in [1.54, 1.807) is 7.05 Å². The second-order valence-corrected chi connectivity index (χ2v) is 3.74. The van der Waals surface area contributed by atoms with Gasteiger partial charge in [0.15, 0.2) is 0 Å². The molecule has 1 aromatic rings. The lowest BCUT2D eigenvalue weighted by Crippen LogP contribution is -2.50. The topological polar surface area (TPSA) is 38.3 Å². The number of methoxy groups -OCH3 is 1. The molecule has 0 aliphatic rings. The number of hydrogen-bond acceptors (Lipinski definition) is 3. The lowest BCUT2D eigenvalue weighted by Gasteiger charge is -2.26. The monoisotopic (exact) mass is 207 g/mol. The highest BCUT2D eigenvalue weighted by Gasteiger charge is 2.32. The first kappa shape index (κ1) is 11.7. The molecule has 0 aliphatic carbocycles. The maximum atomic E-state index is 11.6. The summed E-state index contributed by atoms with van der Waals surface area (Å²) in [5.74, 6) is -0.242. The highest BCUT2D eigenvalue weighted by Crippen LogP contribution is 2.14. The number of ether oxygens (including phenoxy) is 1. The van der Waals surface area contributed by atoms with Gasteiger partial charge in [0.05, 0.1) is 7.11 Å².